The molecule has 2 atom stereocenters. The second-order valence-corrected chi connectivity index (χ2v) is 13.0. The monoisotopic (exact) mass is 647 g/mol. The predicted octanol–water partition coefficient (Wildman–Crippen LogP) is 7.77. The highest BCUT2D eigenvalue weighted by atomic mass is 32.2. The van der Waals surface area contributed by atoms with E-state index >= 15 is 0 Å². The number of ether oxygens (including phenoxy) is 4. The Morgan fingerprint density at radius 3 is 2.35 bits per heavy atom. The molecule has 0 saturated heterocycles. The van der Waals surface area contributed by atoms with Gasteiger partial charge in [0.2, 0.25) is 0 Å². The van der Waals surface area contributed by atoms with Crippen LogP contribution in [-0.2, 0) is 32.2 Å². The topological polar surface area (TPSA) is 83.1 Å². The Morgan fingerprint density at radius 1 is 0.913 bits per heavy atom. The molecule has 1 N–H and O–H groups in total. The highest BCUT2D eigenvalue weighted by molar-refractivity contribution is 7.98. The molecule has 3 aromatic carbocycles. The molecule has 8 heteroatoms. The maximum atomic E-state index is 13.6. The summed E-state index contributed by atoms with van der Waals surface area (Å²) in [7, 11) is 3.01. The number of esters is 1. The molecule has 1 aliphatic carbocycles. The third kappa shape index (κ3) is 10.6. The van der Waals surface area contributed by atoms with Crippen molar-refractivity contribution in [3.63, 3.8) is 0 Å². The number of methoxy groups -OCH3 is 2. The molecule has 0 radical (unpaired) electrons. The number of carbonyl (C=O) groups excluding carboxylic acids is 2. The third-order valence-corrected chi connectivity index (χ3v) is 9.35. The van der Waals surface area contributed by atoms with E-state index in [-0.39, 0.29) is 12.0 Å². The standard InChI is InChI=1S/C38H49NO6S/c1-27-10-8-9-13-33(27)35-23-30(16-19-34(35)37(40)39-36(20-21-46-4)38(41)43-3)25-45-32(22-28-11-6-5-7-12-28)26-44-24-29-14-17-31(42-2)18-15-29/h8-10,13-19,23,28,32,36H,5-7,11-12,20-22,24-26H2,1-4H3,(H,39,40)/t32?,36-/m0/s1. The summed E-state index contributed by atoms with van der Waals surface area (Å²) in [5.74, 6) is 1.46. The largest absolute Gasteiger partial charge is 0.497 e. The summed E-state index contributed by atoms with van der Waals surface area (Å²) >= 11 is 1.62. The quantitative estimate of drug-likeness (QED) is 0.150. The number of thioether (sulfide) groups is 1. The smallest absolute Gasteiger partial charge is 0.328 e. The van der Waals surface area contributed by atoms with Crippen molar-refractivity contribution in [2.24, 2.45) is 5.92 Å². The van der Waals surface area contributed by atoms with E-state index in [9.17, 15) is 9.59 Å². The van der Waals surface area contributed by atoms with E-state index in [0.29, 0.717) is 37.7 Å². The molecule has 7 nitrogen and oxygen atoms in total. The molecule has 1 unspecified atom stereocenters. The molecule has 0 aromatic heterocycles. The van der Waals surface area contributed by atoms with Gasteiger partial charge in [-0.2, -0.15) is 11.8 Å². The number of hydrogen-bond acceptors (Lipinski definition) is 7. The minimum absolute atomic E-state index is 0.0384. The number of nitrogens with one attached hydrogen (secondary N) is 1. The fourth-order valence-corrected chi connectivity index (χ4v) is 6.53. The molecule has 46 heavy (non-hydrogen) atoms. The normalized spacial score (nSPS) is 14.8. The molecule has 3 aromatic rings. The zero-order valence-electron chi connectivity index (χ0n) is 27.7. The molecule has 0 bridgehead atoms. The van der Waals surface area contributed by atoms with Gasteiger partial charge in [-0.15, -0.1) is 0 Å². The summed E-state index contributed by atoms with van der Waals surface area (Å²) in [5, 5.41) is 2.93. The number of amides is 1. The van der Waals surface area contributed by atoms with Crippen LogP contribution in [-0.4, -0.2) is 56.9 Å². The minimum atomic E-state index is -0.712. The van der Waals surface area contributed by atoms with Crippen molar-refractivity contribution in [1.29, 1.82) is 0 Å². The van der Waals surface area contributed by atoms with Crippen molar-refractivity contribution < 1.29 is 28.5 Å². The highest BCUT2D eigenvalue weighted by Crippen LogP contribution is 2.31. The first-order valence-electron chi connectivity index (χ1n) is 16.3. The Kier molecular flexibility index (Phi) is 14.5. The van der Waals surface area contributed by atoms with Crippen molar-refractivity contribution in [3.05, 3.63) is 89.0 Å². The minimum Gasteiger partial charge on any atom is -0.497 e. The lowest BCUT2D eigenvalue weighted by Gasteiger charge is -2.27. The molecule has 0 aliphatic heterocycles. The van der Waals surface area contributed by atoms with Crippen LogP contribution in [0.15, 0.2) is 66.7 Å². The number of aryl methyl sites for hydroxylation is 1. The van der Waals surface area contributed by atoms with Crippen LogP contribution in [0.5, 0.6) is 5.75 Å². The van der Waals surface area contributed by atoms with E-state index in [4.69, 9.17) is 18.9 Å². The summed E-state index contributed by atoms with van der Waals surface area (Å²) in [5.41, 5.74) is 5.42. The van der Waals surface area contributed by atoms with Gasteiger partial charge < -0.3 is 24.3 Å². The van der Waals surface area contributed by atoms with Gasteiger partial charge in [0, 0.05) is 5.56 Å². The number of hydrogen-bond donors (Lipinski definition) is 1. The van der Waals surface area contributed by atoms with Crippen LogP contribution in [0.1, 0.15) is 72.0 Å². The number of benzene rings is 3. The Balaban J connectivity index is 1.51. The molecule has 1 saturated carbocycles. The van der Waals surface area contributed by atoms with Gasteiger partial charge in [0.05, 0.1) is 40.1 Å². The maximum Gasteiger partial charge on any atom is 0.328 e. The molecule has 1 amide bonds. The summed E-state index contributed by atoms with van der Waals surface area (Å²) in [6.07, 6.45) is 9.75. The summed E-state index contributed by atoms with van der Waals surface area (Å²) in [4.78, 5) is 26.1. The van der Waals surface area contributed by atoms with Crippen LogP contribution in [0.3, 0.4) is 0 Å². The zero-order chi connectivity index (χ0) is 32.7. The SMILES string of the molecule is COC(=O)[C@H](CCSC)NC(=O)c1ccc(COC(COCc2ccc(OC)cc2)CC2CCCCC2)cc1-c1ccccc1C. The van der Waals surface area contributed by atoms with Gasteiger partial charge in [0.25, 0.3) is 5.91 Å². The van der Waals surface area contributed by atoms with Gasteiger partial charge in [-0.25, -0.2) is 4.79 Å². The summed E-state index contributed by atoms with van der Waals surface area (Å²) in [6.45, 7) is 3.47. The summed E-state index contributed by atoms with van der Waals surface area (Å²) in [6, 6.07) is 21.1. The number of carbonyl (C=O) groups is 2. The predicted molar refractivity (Wildman–Crippen MR) is 185 cm³/mol. The van der Waals surface area contributed by atoms with Crippen LogP contribution < -0.4 is 10.1 Å². The van der Waals surface area contributed by atoms with E-state index in [2.05, 4.69) is 5.32 Å². The fourth-order valence-electron chi connectivity index (χ4n) is 6.06. The molecule has 1 fully saturated rings. The Labute approximate surface area is 278 Å². The molecular weight excluding hydrogens is 598 g/mol. The highest BCUT2D eigenvalue weighted by Gasteiger charge is 2.25. The average Bonchev–Trinajstić information content (AvgIpc) is 3.09. The average molecular weight is 648 g/mol. The lowest BCUT2D eigenvalue weighted by Crippen LogP contribution is -2.42. The first-order chi connectivity index (χ1) is 22.4. The molecule has 248 valence electrons. The van der Waals surface area contributed by atoms with Gasteiger partial charge >= 0.3 is 5.97 Å². The first-order valence-corrected chi connectivity index (χ1v) is 17.7. The van der Waals surface area contributed by atoms with Gasteiger partial charge in [-0.05, 0) is 89.8 Å². The van der Waals surface area contributed by atoms with Crippen LogP contribution in [0, 0.1) is 12.8 Å². The molecule has 4 rings (SSSR count). The van der Waals surface area contributed by atoms with Crippen molar-refractivity contribution >= 4 is 23.6 Å². The van der Waals surface area contributed by atoms with Crippen LogP contribution >= 0.6 is 11.8 Å². The molecule has 0 heterocycles. The Morgan fingerprint density at radius 2 is 1.65 bits per heavy atom. The van der Waals surface area contributed by atoms with Crippen molar-refractivity contribution in [3.8, 4) is 16.9 Å². The van der Waals surface area contributed by atoms with Gasteiger partial charge in [0.15, 0.2) is 0 Å². The van der Waals surface area contributed by atoms with Gasteiger partial charge in [-0.3, -0.25) is 4.79 Å². The molecule has 1 aliphatic rings. The van der Waals surface area contributed by atoms with E-state index in [1.54, 1.807) is 18.9 Å². The first kappa shape index (κ1) is 35.5. The van der Waals surface area contributed by atoms with Crippen molar-refractivity contribution in [2.45, 2.75) is 77.2 Å². The van der Waals surface area contributed by atoms with E-state index in [0.717, 1.165) is 45.7 Å². The van der Waals surface area contributed by atoms with Crippen LogP contribution in [0.25, 0.3) is 11.1 Å². The second-order valence-electron chi connectivity index (χ2n) is 12.1. The fraction of sp³-hybridized carbons (Fsp3) is 0.474. The zero-order valence-corrected chi connectivity index (χ0v) is 28.5. The maximum absolute atomic E-state index is 13.6. The van der Waals surface area contributed by atoms with Crippen molar-refractivity contribution in [1.82, 2.24) is 5.32 Å². The third-order valence-electron chi connectivity index (χ3n) is 8.70. The summed E-state index contributed by atoms with van der Waals surface area (Å²) < 4.78 is 23.0. The second kappa shape index (κ2) is 18.7. The molecular formula is C38H49NO6S. The lowest BCUT2D eigenvalue weighted by atomic mass is 9.85. The van der Waals surface area contributed by atoms with Crippen LogP contribution in [0.4, 0.5) is 0 Å². The Hall–Kier alpha value is -3.33. The van der Waals surface area contributed by atoms with Crippen LogP contribution in [0.2, 0.25) is 0 Å². The van der Waals surface area contributed by atoms with E-state index in [1.165, 1.54) is 39.2 Å². The lowest BCUT2D eigenvalue weighted by molar-refractivity contribution is -0.142. The van der Waals surface area contributed by atoms with Gasteiger partial charge in [0.1, 0.15) is 11.8 Å². The Bertz CT molecular complexity index is 1390. The van der Waals surface area contributed by atoms with Gasteiger partial charge in [-0.1, -0.05) is 74.6 Å². The molecule has 0 spiro atoms. The number of rotatable bonds is 17. The van der Waals surface area contributed by atoms with Crippen molar-refractivity contribution in [2.75, 3.05) is 32.8 Å². The van der Waals surface area contributed by atoms with E-state index < -0.39 is 12.0 Å². The van der Waals surface area contributed by atoms with E-state index in [1.807, 2.05) is 79.9 Å².